The van der Waals surface area contributed by atoms with Crippen LogP contribution in [0.4, 0.5) is 5.69 Å². The molecule has 0 aliphatic heterocycles. The maximum Gasteiger partial charge on any atom is 0.346 e. The summed E-state index contributed by atoms with van der Waals surface area (Å²) in [4.78, 5) is 35.3. The van der Waals surface area contributed by atoms with Gasteiger partial charge in [0.2, 0.25) is 0 Å². The van der Waals surface area contributed by atoms with Gasteiger partial charge < -0.3 is 9.47 Å². The highest BCUT2D eigenvalue weighted by Crippen LogP contribution is 2.26. The fourth-order valence-corrected chi connectivity index (χ4v) is 4.37. The van der Waals surface area contributed by atoms with Crippen molar-refractivity contribution in [2.24, 2.45) is 0 Å². The molecule has 0 aliphatic rings. The van der Waals surface area contributed by atoms with Crippen LogP contribution in [0, 0.1) is 10.1 Å². The predicted molar refractivity (Wildman–Crippen MR) is 118 cm³/mol. The molecule has 0 heterocycles. The first kappa shape index (κ1) is 23.9. The smallest absolute Gasteiger partial charge is 0.346 e. The predicted octanol–water partition coefficient (Wildman–Crippen LogP) is 4.23. The van der Waals surface area contributed by atoms with Crippen molar-refractivity contribution < 1.29 is 32.4 Å². The van der Waals surface area contributed by atoms with Crippen LogP contribution in [0.15, 0.2) is 71.6 Å². The summed E-state index contributed by atoms with van der Waals surface area (Å²) in [5, 5.41) is 11.7. The van der Waals surface area contributed by atoms with E-state index >= 15 is 0 Å². The number of halogens is 1. The number of methoxy groups -OCH3 is 1. The van der Waals surface area contributed by atoms with Crippen LogP contribution in [-0.4, -0.2) is 32.4 Å². The Kier molecular flexibility index (Phi) is 7.10. The van der Waals surface area contributed by atoms with Gasteiger partial charge in [-0.15, -0.1) is 0 Å². The van der Waals surface area contributed by atoms with Crippen molar-refractivity contribution in [3.05, 3.63) is 98.6 Å². The number of nitro groups is 1. The summed E-state index contributed by atoms with van der Waals surface area (Å²) in [6.45, 7) is 0. The third-order valence-corrected chi connectivity index (χ3v) is 6.45. The normalized spacial score (nSPS) is 11.0. The maximum absolute atomic E-state index is 12.7. The Morgan fingerprint density at radius 1 is 0.970 bits per heavy atom. The SMILES string of the molecule is COc1cccc(C(=O)OC(=O)c2ccc([N+](=O)[O-])c(CS(=O)(=O)c3ccc(Cl)cc3)c2)c1. The number of hydrogen-bond acceptors (Lipinski definition) is 8. The van der Waals surface area contributed by atoms with Crippen LogP contribution in [0.2, 0.25) is 5.02 Å². The highest BCUT2D eigenvalue weighted by Gasteiger charge is 2.25. The van der Waals surface area contributed by atoms with Gasteiger partial charge in [0.15, 0.2) is 9.84 Å². The van der Waals surface area contributed by atoms with Crippen LogP contribution in [0.1, 0.15) is 26.3 Å². The zero-order chi connectivity index (χ0) is 24.2. The summed E-state index contributed by atoms with van der Waals surface area (Å²) in [7, 11) is -2.59. The van der Waals surface area contributed by atoms with Gasteiger partial charge >= 0.3 is 11.9 Å². The molecule has 3 aromatic carbocycles. The third kappa shape index (κ3) is 5.73. The molecule has 0 radical (unpaired) electrons. The van der Waals surface area contributed by atoms with E-state index in [1.807, 2.05) is 0 Å². The maximum atomic E-state index is 12.7. The summed E-state index contributed by atoms with van der Waals surface area (Å²) in [5.41, 5.74) is -0.908. The van der Waals surface area contributed by atoms with Crippen LogP contribution < -0.4 is 4.74 Å². The first-order valence-corrected chi connectivity index (χ1v) is 11.3. The quantitative estimate of drug-likeness (QED) is 0.208. The van der Waals surface area contributed by atoms with E-state index in [1.54, 1.807) is 6.07 Å². The minimum absolute atomic E-state index is 0.0511. The van der Waals surface area contributed by atoms with Crippen molar-refractivity contribution in [2.45, 2.75) is 10.6 Å². The number of rotatable bonds is 7. The van der Waals surface area contributed by atoms with Gasteiger partial charge in [0.25, 0.3) is 5.69 Å². The van der Waals surface area contributed by atoms with Crippen molar-refractivity contribution >= 4 is 39.1 Å². The average molecular weight is 490 g/mol. The molecule has 0 saturated carbocycles. The molecule has 33 heavy (non-hydrogen) atoms. The molecule has 3 aromatic rings. The molecule has 11 heteroatoms. The number of nitro benzene ring substituents is 1. The summed E-state index contributed by atoms with van der Waals surface area (Å²) < 4.78 is 35.3. The third-order valence-electron chi connectivity index (χ3n) is 4.52. The van der Waals surface area contributed by atoms with Gasteiger partial charge in [0.1, 0.15) is 5.75 Å². The monoisotopic (exact) mass is 489 g/mol. The topological polar surface area (TPSA) is 130 Å². The van der Waals surface area contributed by atoms with Gasteiger partial charge in [-0.05, 0) is 54.6 Å². The van der Waals surface area contributed by atoms with Gasteiger partial charge in [-0.3, -0.25) is 10.1 Å². The van der Waals surface area contributed by atoms with Crippen molar-refractivity contribution in [2.75, 3.05) is 7.11 Å². The second kappa shape index (κ2) is 9.80. The number of ether oxygens (including phenoxy) is 2. The number of sulfone groups is 1. The van der Waals surface area contributed by atoms with Gasteiger partial charge in [0.05, 0.1) is 33.8 Å². The van der Waals surface area contributed by atoms with E-state index in [4.69, 9.17) is 21.1 Å². The Balaban J connectivity index is 1.89. The molecule has 0 aromatic heterocycles. The summed E-state index contributed by atoms with van der Waals surface area (Å²) in [6.07, 6.45) is 0. The molecule has 0 saturated heterocycles. The van der Waals surface area contributed by atoms with E-state index in [9.17, 15) is 28.1 Å². The van der Waals surface area contributed by atoms with Gasteiger partial charge in [-0.25, -0.2) is 18.0 Å². The van der Waals surface area contributed by atoms with E-state index < -0.39 is 38.1 Å². The highest BCUT2D eigenvalue weighted by molar-refractivity contribution is 7.90. The second-order valence-electron chi connectivity index (χ2n) is 6.72. The Bertz CT molecular complexity index is 1340. The molecule has 0 amide bonds. The van der Waals surface area contributed by atoms with Crippen molar-refractivity contribution in [1.82, 2.24) is 0 Å². The summed E-state index contributed by atoms with van der Waals surface area (Å²) >= 11 is 5.78. The Labute approximate surface area is 193 Å². The molecule has 0 unspecified atom stereocenters. The molecule has 0 atom stereocenters. The minimum atomic E-state index is -4.00. The lowest BCUT2D eigenvalue weighted by Gasteiger charge is -2.08. The van der Waals surface area contributed by atoms with E-state index in [1.165, 1.54) is 49.6 Å². The van der Waals surface area contributed by atoms with Crippen LogP contribution in [0.3, 0.4) is 0 Å². The lowest BCUT2D eigenvalue weighted by molar-refractivity contribution is -0.385. The van der Waals surface area contributed by atoms with E-state index in [0.29, 0.717) is 10.8 Å². The van der Waals surface area contributed by atoms with Gasteiger partial charge in [-0.2, -0.15) is 0 Å². The number of hydrogen-bond donors (Lipinski definition) is 0. The fraction of sp³-hybridized carbons (Fsp3) is 0.0909. The number of carbonyl (C=O) groups is 2. The molecule has 9 nitrogen and oxygen atoms in total. The number of benzene rings is 3. The van der Waals surface area contributed by atoms with Crippen LogP contribution in [0.25, 0.3) is 0 Å². The first-order valence-electron chi connectivity index (χ1n) is 9.27. The molecule has 0 aliphatic carbocycles. The zero-order valence-electron chi connectivity index (χ0n) is 17.1. The number of esters is 2. The van der Waals surface area contributed by atoms with E-state index in [-0.39, 0.29) is 21.6 Å². The molecule has 0 bridgehead atoms. The summed E-state index contributed by atoms with van der Waals surface area (Å²) in [6, 6.07) is 14.3. The minimum Gasteiger partial charge on any atom is -0.497 e. The molecule has 0 spiro atoms. The van der Waals surface area contributed by atoms with E-state index in [2.05, 4.69) is 0 Å². The average Bonchev–Trinajstić information content (AvgIpc) is 2.78. The first-order chi connectivity index (χ1) is 15.6. The molecule has 170 valence electrons. The summed E-state index contributed by atoms with van der Waals surface area (Å²) in [5.74, 6) is -2.44. The number of nitrogens with zero attached hydrogens (tertiary/aromatic N) is 1. The van der Waals surface area contributed by atoms with Crippen molar-refractivity contribution in [3.8, 4) is 5.75 Å². The molecule has 0 fully saturated rings. The standard InChI is InChI=1S/C22H16ClNO8S/c1-31-18-4-2-3-14(12-18)21(25)32-22(26)15-5-10-20(24(27)28)16(11-15)13-33(29,30)19-8-6-17(23)7-9-19/h2-12H,13H2,1H3. The van der Waals surface area contributed by atoms with Crippen molar-refractivity contribution in [3.63, 3.8) is 0 Å². The second-order valence-corrected chi connectivity index (χ2v) is 9.15. The molecular weight excluding hydrogens is 474 g/mol. The Morgan fingerprint density at radius 2 is 1.61 bits per heavy atom. The lowest BCUT2D eigenvalue weighted by atomic mass is 10.1. The van der Waals surface area contributed by atoms with Crippen molar-refractivity contribution in [1.29, 1.82) is 0 Å². The largest absolute Gasteiger partial charge is 0.497 e. The Hall–Kier alpha value is -3.76. The van der Waals surface area contributed by atoms with Gasteiger partial charge in [0, 0.05) is 16.7 Å². The molecule has 3 rings (SSSR count). The molecular formula is C22H16ClNO8S. The van der Waals surface area contributed by atoms with Crippen LogP contribution in [0.5, 0.6) is 5.75 Å². The Morgan fingerprint density at radius 3 is 2.21 bits per heavy atom. The number of carbonyl (C=O) groups excluding carboxylic acids is 2. The lowest BCUT2D eigenvalue weighted by Crippen LogP contribution is -2.14. The zero-order valence-corrected chi connectivity index (χ0v) is 18.6. The van der Waals surface area contributed by atoms with E-state index in [0.717, 1.165) is 18.2 Å². The van der Waals surface area contributed by atoms with Crippen LogP contribution >= 0.6 is 11.6 Å². The molecule has 0 N–H and O–H groups in total. The highest BCUT2D eigenvalue weighted by atomic mass is 35.5. The van der Waals surface area contributed by atoms with Gasteiger partial charge in [-0.1, -0.05) is 17.7 Å². The van der Waals surface area contributed by atoms with Crippen LogP contribution in [-0.2, 0) is 20.3 Å². The fourth-order valence-electron chi connectivity index (χ4n) is 2.89.